The second-order valence-electron chi connectivity index (χ2n) is 6.78. The molecule has 5 heteroatoms. The molecule has 144 valence electrons. The third-order valence-electron chi connectivity index (χ3n) is 4.63. The highest BCUT2D eigenvalue weighted by Crippen LogP contribution is 2.15. The van der Waals surface area contributed by atoms with E-state index in [9.17, 15) is 9.59 Å². The Hall–Kier alpha value is -2.82. The van der Waals surface area contributed by atoms with Gasteiger partial charge in [0.25, 0.3) is 5.91 Å². The molecule has 0 aliphatic rings. The highest BCUT2D eigenvalue weighted by atomic mass is 16.2. The van der Waals surface area contributed by atoms with Crippen LogP contribution >= 0.6 is 0 Å². The van der Waals surface area contributed by atoms with Crippen molar-refractivity contribution in [1.82, 2.24) is 10.6 Å². The van der Waals surface area contributed by atoms with E-state index >= 15 is 0 Å². The van der Waals surface area contributed by atoms with Crippen molar-refractivity contribution >= 4 is 17.6 Å². The van der Waals surface area contributed by atoms with E-state index in [1.165, 1.54) is 5.56 Å². The van der Waals surface area contributed by atoms with Crippen LogP contribution in [0.5, 0.6) is 0 Å². The zero-order valence-electron chi connectivity index (χ0n) is 16.5. The van der Waals surface area contributed by atoms with Crippen molar-refractivity contribution in [2.75, 3.05) is 5.32 Å². The number of hydrogen-bond acceptors (Lipinski definition) is 2. The Kier molecular flexibility index (Phi) is 7.41. The van der Waals surface area contributed by atoms with E-state index in [1.807, 2.05) is 32.9 Å². The van der Waals surface area contributed by atoms with Crippen LogP contribution < -0.4 is 16.0 Å². The number of anilines is 1. The number of nitrogens with one attached hydrogen (secondary N) is 3. The van der Waals surface area contributed by atoms with Crippen molar-refractivity contribution in [3.05, 3.63) is 65.2 Å². The molecule has 0 bridgehead atoms. The number of benzene rings is 2. The minimum Gasteiger partial charge on any atom is -0.350 e. The maximum Gasteiger partial charge on any atom is 0.319 e. The molecule has 3 N–H and O–H groups in total. The van der Waals surface area contributed by atoms with E-state index in [4.69, 9.17) is 0 Å². The van der Waals surface area contributed by atoms with Gasteiger partial charge in [0.15, 0.2) is 0 Å². The minimum absolute atomic E-state index is 0.100. The zero-order valence-corrected chi connectivity index (χ0v) is 16.5. The molecule has 0 spiro atoms. The molecule has 2 unspecified atom stereocenters. The van der Waals surface area contributed by atoms with Crippen LogP contribution in [0.3, 0.4) is 0 Å². The fraction of sp³-hybridized carbons (Fsp3) is 0.364. The summed E-state index contributed by atoms with van der Waals surface area (Å²) >= 11 is 0. The van der Waals surface area contributed by atoms with Gasteiger partial charge in [-0.05, 0) is 62.1 Å². The van der Waals surface area contributed by atoms with Gasteiger partial charge in [-0.3, -0.25) is 4.79 Å². The molecule has 0 radical (unpaired) electrons. The van der Waals surface area contributed by atoms with E-state index < -0.39 is 0 Å². The first-order valence-electron chi connectivity index (χ1n) is 9.50. The molecule has 0 aromatic heterocycles. The van der Waals surface area contributed by atoms with Gasteiger partial charge < -0.3 is 16.0 Å². The fourth-order valence-corrected chi connectivity index (χ4v) is 2.60. The Morgan fingerprint density at radius 1 is 0.889 bits per heavy atom. The predicted octanol–water partition coefficient (Wildman–Crippen LogP) is 4.66. The minimum atomic E-state index is -0.279. The second-order valence-corrected chi connectivity index (χ2v) is 6.78. The first-order chi connectivity index (χ1) is 12.9. The standard InChI is InChI=1S/C22H29N3O2/c1-5-15(3)23-21(26)19-11-13-20(14-12-19)25-22(27)24-16(4)18-9-7-17(6-2)8-10-18/h7-16H,5-6H2,1-4H3,(H,23,26)(H2,24,25,27). The summed E-state index contributed by atoms with van der Waals surface area (Å²) in [4.78, 5) is 24.3. The first-order valence-corrected chi connectivity index (χ1v) is 9.50. The lowest BCUT2D eigenvalue weighted by Crippen LogP contribution is -2.32. The molecule has 3 amide bonds. The molecule has 0 saturated carbocycles. The Balaban J connectivity index is 1.90. The van der Waals surface area contributed by atoms with Gasteiger partial charge in [-0.1, -0.05) is 38.1 Å². The smallest absolute Gasteiger partial charge is 0.319 e. The van der Waals surface area contributed by atoms with Crippen LogP contribution in [0.2, 0.25) is 0 Å². The summed E-state index contributed by atoms with van der Waals surface area (Å²) in [5, 5.41) is 8.65. The number of amides is 3. The van der Waals surface area contributed by atoms with E-state index in [0.717, 1.165) is 18.4 Å². The highest BCUT2D eigenvalue weighted by Gasteiger charge is 2.11. The van der Waals surface area contributed by atoms with E-state index in [1.54, 1.807) is 24.3 Å². The van der Waals surface area contributed by atoms with Gasteiger partial charge in [0.1, 0.15) is 0 Å². The molecule has 0 fully saturated rings. The summed E-state index contributed by atoms with van der Waals surface area (Å²) in [7, 11) is 0. The quantitative estimate of drug-likeness (QED) is 0.666. The largest absolute Gasteiger partial charge is 0.350 e. The Bertz CT molecular complexity index is 754. The normalized spacial score (nSPS) is 12.7. The zero-order chi connectivity index (χ0) is 19.8. The van der Waals surface area contributed by atoms with Gasteiger partial charge in [-0.25, -0.2) is 4.79 Å². The van der Waals surface area contributed by atoms with Gasteiger partial charge in [-0.15, -0.1) is 0 Å². The van der Waals surface area contributed by atoms with Crippen LogP contribution in [0.25, 0.3) is 0 Å². The van der Waals surface area contributed by atoms with Crippen molar-refractivity contribution in [1.29, 1.82) is 0 Å². The van der Waals surface area contributed by atoms with Crippen LogP contribution in [0.1, 0.15) is 61.6 Å². The van der Waals surface area contributed by atoms with Crippen molar-refractivity contribution in [3.63, 3.8) is 0 Å². The van der Waals surface area contributed by atoms with Gasteiger partial charge in [0.2, 0.25) is 0 Å². The van der Waals surface area contributed by atoms with Crippen LogP contribution in [0.4, 0.5) is 10.5 Å². The summed E-state index contributed by atoms with van der Waals surface area (Å²) in [6.07, 6.45) is 1.87. The third kappa shape index (κ3) is 6.13. The Labute approximate surface area is 161 Å². The summed E-state index contributed by atoms with van der Waals surface area (Å²) in [6.45, 7) is 8.05. The van der Waals surface area contributed by atoms with Gasteiger partial charge in [-0.2, -0.15) is 0 Å². The number of urea groups is 1. The monoisotopic (exact) mass is 367 g/mol. The lowest BCUT2D eigenvalue weighted by atomic mass is 10.1. The van der Waals surface area contributed by atoms with E-state index in [2.05, 4.69) is 35.0 Å². The molecular weight excluding hydrogens is 338 g/mol. The second kappa shape index (κ2) is 9.76. The van der Waals surface area contributed by atoms with Crippen LogP contribution in [0, 0.1) is 0 Å². The lowest BCUT2D eigenvalue weighted by molar-refractivity contribution is 0.0939. The van der Waals surface area contributed by atoms with Crippen LogP contribution in [-0.2, 0) is 6.42 Å². The maximum atomic E-state index is 12.2. The fourth-order valence-electron chi connectivity index (χ4n) is 2.60. The summed E-state index contributed by atoms with van der Waals surface area (Å²) in [6, 6.07) is 14.9. The van der Waals surface area contributed by atoms with Crippen molar-refractivity contribution in [2.24, 2.45) is 0 Å². The number of carbonyl (C=O) groups is 2. The molecule has 2 atom stereocenters. The lowest BCUT2D eigenvalue weighted by Gasteiger charge is -2.16. The van der Waals surface area contributed by atoms with Gasteiger partial charge in [0.05, 0.1) is 6.04 Å². The molecule has 2 aromatic rings. The van der Waals surface area contributed by atoms with Crippen molar-refractivity contribution in [2.45, 2.75) is 52.6 Å². The molecule has 27 heavy (non-hydrogen) atoms. The summed E-state index contributed by atoms with van der Waals surface area (Å²) in [5.41, 5.74) is 3.54. The average Bonchev–Trinajstić information content (AvgIpc) is 2.68. The highest BCUT2D eigenvalue weighted by molar-refractivity contribution is 5.95. The van der Waals surface area contributed by atoms with Gasteiger partial charge >= 0.3 is 6.03 Å². The molecule has 0 heterocycles. The molecule has 0 aliphatic carbocycles. The Morgan fingerprint density at radius 3 is 2.07 bits per heavy atom. The molecule has 0 saturated heterocycles. The van der Waals surface area contributed by atoms with E-state index in [0.29, 0.717) is 11.3 Å². The Morgan fingerprint density at radius 2 is 1.52 bits per heavy atom. The van der Waals surface area contributed by atoms with Crippen molar-refractivity contribution in [3.8, 4) is 0 Å². The number of hydrogen-bond donors (Lipinski definition) is 3. The summed E-state index contributed by atoms with van der Waals surface area (Å²) in [5.74, 6) is -0.107. The average molecular weight is 367 g/mol. The third-order valence-corrected chi connectivity index (χ3v) is 4.63. The SMILES string of the molecule is CCc1ccc(C(C)NC(=O)Nc2ccc(C(=O)NC(C)CC)cc2)cc1. The topological polar surface area (TPSA) is 70.2 Å². The molecule has 0 aliphatic heterocycles. The molecule has 2 rings (SSSR count). The molecular formula is C22H29N3O2. The van der Waals surface area contributed by atoms with E-state index in [-0.39, 0.29) is 24.0 Å². The number of aryl methyl sites for hydroxylation is 1. The van der Waals surface area contributed by atoms with Crippen molar-refractivity contribution < 1.29 is 9.59 Å². The first kappa shape index (κ1) is 20.5. The molecule has 5 nitrogen and oxygen atoms in total. The number of carbonyl (C=O) groups excluding carboxylic acids is 2. The predicted molar refractivity (Wildman–Crippen MR) is 110 cm³/mol. The maximum absolute atomic E-state index is 12.2. The molecule has 2 aromatic carbocycles. The van der Waals surface area contributed by atoms with Gasteiger partial charge in [0, 0.05) is 17.3 Å². The van der Waals surface area contributed by atoms with Crippen LogP contribution in [0.15, 0.2) is 48.5 Å². The number of rotatable bonds is 7. The van der Waals surface area contributed by atoms with Crippen LogP contribution in [-0.4, -0.2) is 18.0 Å². The summed E-state index contributed by atoms with van der Waals surface area (Å²) < 4.78 is 0.